The smallest absolute Gasteiger partial charge is 0.0640 e. The van der Waals surface area contributed by atoms with E-state index >= 15 is 0 Å². The van der Waals surface area contributed by atoms with Crippen LogP contribution in [0.2, 0.25) is 0 Å². The van der Waals surface area contributed by atoms with E-state index in [4.69, 9.17) is 10.8 Å². The third-order valence-electron chi connectivity index (χ3n) is 4.27. The molecule has 1 aromatic carbocycles. The zero-order valence-electron chi connectivity index (χ0n) is 12.2. The number of nitrogens with zero attached hydrogens (tertiary/aromatic N) is 2. The molecule has 0 aliphatic heterocycles. The van der Waals surface area contributed by atoms with Crippen molar-refractivity contribution in [3.8, 4) is 0 Å². The maximum Gasteiger partial charge on any atom is 0.0640 e. The number of aromatic nitrogens is 2. The standard InChI is InChI=1S/C17H22BrN3/c18-17-8-4-1-5-13(17)11-14(19)12-15-9-10-21(20-15)16-6-2-3-7-16/h1,4-5,8-10,14,16H,2-3,6-7,11-12,19H2. The lowest BCUT2D eigenvalue weighted by atomic mass is 10.0. The third kappa shape index (κ3) is 3.74. The molecule has 0 spiro atoms. The number of hydrogen-bond acceptors (Lipinski definition) is 2. The predicted octanol–water partition coefficient (Wildman–Crippen LogP) is 3.87. The zero-order chi connectivity index (χ0) is 14.7. The minimum atomic E-state index is 0.107. The topological polar surface area (TPSA) is 43.8 Å². The Balaban J connectivity index is 1.60. The summed E-state index contributed by atoms with van der Waals surface area (Å²) in [4.78, 5) is 0. The van der Waals surface area contributed by atoms with Gasteiger partial charge in [0.1, 0.15) is 0 Å². The lowest BCUT2D eigenvalue weighted by Gasteiger charge is -2.12. The number of halogens is 1. The maximum absolute atomic E-state index is 6.30. The van der Waals surface area contributed by atoms with Crippen LogP contribution in [0.1, 0.15) is 43.0 Å². The molecule has 1 aliphatic carbocycles. The Kier molecular flexibility index (Phi) is 4.76. The summed E-state index contributed by atoms with van der Waals surface area (Å²) >= 11 is 3.58. The average molecular weight is 348 g/mol. The summed E-state index contributed by atoms with van der Waals surface area (Å²) in [6.07, 6.45) is 9.03. The molecule has 1 aromatic heterocycles. The number of nitrogens with two attached hydrogens (primary N) is 1. The van der Waals surface area contributed by atoms with Crippen LogP contribution in [-0.2, 0) is 12.8 Å². The van der Waals surface area contributed by atoms with Crippen molar-refractivity contribution in [1.82, 2.24) is 9.78 Å². The second kappa shape index (κ2) is 6.75. The number of hydrogen-bond donors (Lipinski definition) is 1. The summed E-state index contributed by atoms with van der Waals surface area (Å²) in [7, 11) is 0. The van der Waals surface area contributed by atoms with Gasteiger partial charge >= 0.3 is 0 Å². The first-order valence-electron chi connectivity index (χ1n) is 7.75. The van der Waals surface area contributed by atoms with Crippen LogP contribution in [0.4, 0.5) is 0 Å². The predicted molar refractivity (Wildman–Crippen MR) is 89.3 cm³/mol. The average Bonchev–Trinajstić information content (AvgIpc) is 3.12. The van der Waals surface area contributed by atoms with Crippen molar-refractivity contribution < 1.29 is 0 Å². The van der Waals surface area contributed by atoms with Gasteiger partial charge in [-0.3, -0.25) is 4.68 Å². The van der Waals surface area contributed by atoms with Crippen LogP contribution in [0.25, 0.3) is 0 Å². The molecule has 1 unspecified atom stereocenters. The van der Waals surface area contributed by atoms with Gasteiger partial charge in [0.15, 0.2) is 0 Å². The maximum atomic E-state index is 6.30. The molecule has 4 heteroatoms. The molecule has 2 aromatic rings. The first-order valence-corrected chi connectivity index (χ1v) is 8.54. The molecule has 0 radical (unpaired) electrons. The first kappa shape index (κ1) is 14.8. The number of rotatable bonds is 5. The molecular weight excluding hydrogens is 326 g/mol. The van der Waals surface area contributed by atoms with Gasteiger partial charge in [0.25, 0.3) is 0 Å². The van der Waals surface area contributed by atoms with E-state index in [1.54, 1.807) is 0 Å². The quantitative estimate of drug-likeness (QED) is 0.891. The van der Waals surface area contributed by atoms with Crippen LogP contribution < -0.4 is 5.73 Å². The molecule has 1 saturated carbocycles. The van der Waals surface area contributed by atoms with Crippen molar-refractivity contribution in [3.05, 3.63) is 52.3 Å². The number of benzene rings is 1. The van der Waals surface area contributed by atoms with E-state index in [0.717, 1.165) is 23.0 Å². The molecule has 1 aliphatic rings. The van der Waals surface area contributed by atoms with E-state index < -0.39 is 0 Å². The summed E-state index contributed by atoms with van der Waals surface area (Å²) in [5, 5.41) is 4.72. The molecule has 1 heterocycles. The second-order valence-corrected chi connectivity index (χ2v) is 6.84. The Labute approximate surface area is 134 Å². The normalized spacial score (nSPS) is 17.2. The van der Waals surface area contributed by atoms with Crippen LogP contribution in [0.5, 0.6) is 0 Å². The first-order chi connectivity index (χ1) is 10.2. The molecule has 0 bridgehead atoms. The van der Waals surface area contributed by atoms with Crippen LogP contribution >= 0.6 is 15.9 Å². The molecular formula is C17H22BrN3. The van der Waals surface area contributed by atoms with E-state index in [9.17, 15) is 0 Å². The van der Waals surface area contributed by atoms with Crippen molar-refractivity contribution >= 4 is 15.9 Å². The van der Waals surface area contributed by atoms with Crippen molar-refractivity contribution in [2.45, 2.75) is 50.6 Å². The molecule has 1 fully saturated rings. The van der Waals surface area contributed by atoms with E-state index in [1.807, 2.05) is 6.07 Å². The minimum Gasteiger partial charge on any atom is -0.327 e. The van der Waals surface area contributed by atoms with Gasteiger partial charge in [-0.1, -0.05) is 47.0 Å². The Morgan fingerprint density at radius 3 is 2.71 bits per heavy atom. The van der Waals surface area contributed by atoms with Crippen molar-refractivity contribution in [2.24, 2.45) is 5.73 Å². The highest BCUT2D eigenvalue weighted by atomic mass is 79.9. The fourth-order valence-electron chi connectivity index (χ4n) is 3.15. The molecule has 2 N–H and O–H groups in total. The van der Waals surface area contributed by atoms with Crippen LogP contribution in [0.15, 0.2) is 41.0 Å². The summed E-state index contributed by atoms with van der Waals surface area (Å²) in [6.45, 7) is 0. The Morgan fingerprint density at radius 2 is 1.95 bits per heavy atom. The lowest BCUT2D eigenvalue weighted by molar-refractivity contribution is 0.461. The summed E-state index contributed by atoms with van der Waals surface area (Å²) in [5.41, 5.74) is 8.68. The molecule has 1 atom stereocenters. The van der Waals surface area contributed by atoms with Gasteiger partial charge in [-0.15, -0.1) is 0 Å². The van der Waals surface area contributed by atoms with Gasteiger partial charge in [0, 0.05) is 23.1 Å². The van der Waals surface area contributed by atoms with Crippen LogP contribution in [0.3, 0.4) is 0 Å². The lowest BCUT2D eigenvalue weighted by Crippen LogP contribution is -2.26. The van der Waals surface area contributed by atoms with Crippen LogP contribution in [0, 0.1) is 0 Å². The van der Waals surface area contributed by atoms with E-state index in [0.29, 0.717) is 6.04 Å². The van der Waals surface area contributed by atoms with Gasteiger partial charge in [0.05, 0.1) is 11.7 Å². The fourth-order valence-corrected chi connectivity index (χ4v) is 3.59. The largest absolute Gasteiger partial charge is 0.327 e. The van der Waals surface area contributed by atoms with Gasteiger partial charge in [-0.25, -0.2) is 0 Å². The Hall–Kier alpha value is -1.13. The SMILES string of the molecule is NC(Cc1ccn(C2CCCC2)n1)Cc1ccccc1Br. The van der Waals surface area contributed by atoms with E-state index in [2.05, 4.69) is 51.1 Å². The van der Waals surface area contributed by atoms with Crippen molar-refractivity contribution in [3.63, 3.8) is 0 Å². The molecule has 3 nitrogen and oxygen atoms in total. The summed E-state index contributed by atoms with van der Waals surface area (Å²) < 4.78 is 3.28. The zero-order valence-corrected chi connectivity index (χ0v) is 13.8. The second-order valence-electron chi connectivity index (χ2n) is 5.99. The monoisotopic (exact) mass is 347 g/mol. The van der Waals surface area contributed by atoms with E-state index in [1.165, 1.54) is 31.2 Å². The molecule has 3 rings (SSSR count). The van der Waals surface area contributed by atoms with Gasteiger partial charge in [-0.05, 0) is 37.0 Å². The molecule has 112 valence electrons. The van der Waals surface area contributed by atoms with Gasteiger partial charge in [0.2, 0.25) is 0 Å². The highest BCUT2D eigenvalue weighted by Gasteiger charge is 2.18. The fraction of sp³-hybridized carbons (Fsp3) is 0.471. The van der Waals surface area contributed by atoms with Crippen molar-refractivity contribution in [2.75, 3.05) is 0 Å². The van der Waals surface area contributed by atoms with E-state index in [-0.39, 0.29) is 6.04 Å². The highest BCUT2D eigenvalue weighted by Crippen LogP contribution is 2.28. The Bertz CT molecular complexity index is 587. The summed E-state index contributed by atoms with van der Waals surface area (Å²) in [6, 6.07) is 11.1. The third-order valence-corrected chi connectivity index (χ3v) is 5.05. The van der Waals surface area contributed by atoms with Crippen LogP contribution in [-0.4, -0.2) is 15.8 Å². The Morgan fingerprint density at radius 1 is 1.19 bits per heavy atom. The molecule has 0 saturated heterocycles. The highest BCUT2D eigenvalue weighted by molar-refractivity contribution is 9.10. The minimum absolute atomic E-state index is 0.107. The molecule has 21 heavy (non-hydrogen) atoms. The molecule has 0 amide bonds. The summed E-state index contributed by atoms with van der Waals surface area (Å²) in [5.74, 6) is 0. The van der Waals surface area contributed by atoms with Gasteiger partial charge < -0.3 is 5.73 Å². The van der Waals surface area contributed by atoms with Crippen molar-refractivity contribution in [1.29, 1.82) is 0 Å². The van der Waals surface area contributed by atoms with Gasteiger partial charge in [-0.2, -0.15) is 5.10 Å².